The Morgan fingerprint density at radius 3 is 2.15 bits per heavy atom. The standard InChI is InChI=1S/C18H19ClN2O5/c1-12(26-16-9-7-14(24-2)8-10-16)18(23)21-20-17(22)11-25-15-5-3-13(19)4-6-15/h3-10,12H,11H2,1-2H3,(H,20,22)(H,21,23). The van der Waals surface area contributed by atoms with Gasteiger partial charge in [0.1, 0.15) is 17.2 Å². The van der Waals surface area contributed by atoms with E-state index in [1.807, 2.05) is 0 Å². The minimum Gasteiger partial charge on any atom is -0.497 e. The minimum atomic E-state index is -0.805. The quantitative estimate of drug-likeness (QED) is 0.722. The normalized spacial score (nSPS) is 11.2. The van der Waals surface area contributed by atoms with Crippen LogP contribution in [0.15, 0.2) is 48.5 Å². The third kappa shape index (κ3) is 6.18. The molecular formula is C18H19ClN2O5. The van der Waals surface area contributed by atoms with Crippen LogP contribution in [-0.4, -0.2) is 31.6 Å². The highest BCUT2D eigenvalue weighted by Crippen LogP contribution is 2.18. The zero-order valence-electron chi connectivity index (χ0n) is 14.3. The van der Waals surface area contributed by atoms with Gasteiger partial charge in [0, 0.05) is 5.02 Å². The molecule has 2 aromatic rings. The SMILES string of the molecule is COc1ccc(OC(C)C(=O)NNC(=O)COc2ccc(Cl)cc2)cc1. The van der Waals surface area contributed by atoms with Crippen molar-refractivity contribution in [3.8, 4) is 17.2 Å². The van der Waals surface area contributed by atoms with Crippen molar-refractivity contribution in [2.45, 2.75) is 13.0 Å². The first kappa shape index (κ1) is 19.4. The maximum absolute atomic E-state index is 12.0. The highest BCUT2D eigenvalue weighted by Gasteiger charge is 2.15. The first-order valence-corrected chi connectivity index (χ1v) is 8.13. The van der Waals surface area contributed by atoms with Gasteiger partial charge in [0.15, 0.2) is 12.7 Å². The summed E-state index contributed by atoms with van der Waals surface area (Å²) in [5.74, 6) is 0.672. The van der Waals surface area contributed by atoms with Gasteiger partial charge in [-0.15, -0.1) is 0 Å². The second-order valence-electron chi connectivity index (χ2n) is 5.22. The van der Waals surface area contributed by atoms with E-state index < -0.39 is 17.9 Å². The molecule has 0 heterocycles. The summed E-state index contributed by atoms with van der Waals surface area (Å²) in [7, 11) is 1.56. The maximum Gasteiger partial charge on any atom is 0.279 e. The molecule has 0 aliphatic rings. The molecule has 8 heteroatoms. The van der Waals surface area contributed by atoms with Gasteiger partial charge < -0.3 is 14.2 Å². The van der Waals surface area contributed by atoms with Crippen LogP contribution in [0.4, 0.5) is 0 Å². The van der Waals surface area contributed by atoms with Crippen LogP contribution in [0, 0.1) is 0 Å². The van der Waals surface area contributed by atoms with E-state index in [0.717, 1.165) is 0 Å². The van der Waals surface area contributed by atoms with Crippen LogP contribution in [0.3, 0.4) is 0 Å². The Labute approximate surface area is 156 Å². The predicted octanol–water partition coefficient (Wildman–Crippen LogP) is 2.34. The van der Waals surface area contributed by atoms with Crippen LogP contribution in [0.1, 0.15) is 6.92 Å². The third-order valence-electron chi connectivity index (χ3n) is 3.25. The summed E-state index contributed by atoms with van der Waals surface area (Å²) < 4.78 is 15.8. The number of carbonyl (C=O) groups excluding carboxylic acids is 2. The number of carbonyl (C=O) groups is 2. The van der Waals surface area contributed by atoms with Crippen LogP contribution >= 0.6 is 11.6 Å². The molecule has 0 aliphatic heterocycles. The van der Waals surface area contributed by atoms with Crippen LogP contribution in [-0.2, 0) is 9.59 Å². The Bertz CT molecular complexity index is 734. The molecule has 1 atom stereocenters. The highest BCUT2D eigenvalue weighted by atomic mass is 35.5. The number of benzene rings is 2. The Morgan fingerprint density at radius 1 is 0.962 bits per heavy atom. The lowest BCUT2D eigenvalue weighted by Gasteiger charge is -2.15. The first-order valence-electron chi connectivity index (χ1n) is 7.75. The Hall–Kier alpha value is -2.93. The van der Waals surface area contributed by atoms with Gasteiger partial charge in [-0.05, 0) is 55.5 Å². The van der Waals surface area contributed by atoms with E-state index in [-0.39, 0.29) is 6.61 Å². The second-order valence-corrected chi connectivity index (χ2v) is 5.65. The number of halogens is 1. The lowest BCUT2D eigenvalue weighted by molar-refractivity contribution is -0.133. The van der Waals surface area contributed by atoms with Crippen molar-refractivity contribution in [2.24, 2.45) is 0 Å². The van der Waals surface area contributed by atoms with E-state index in [1.165, 1.54) is 0 Å². The predicted molar refractivity (Wildman–Crippen MR) is 96.3 cm³/mol. The third-order valence-corrected chi connectivity index (χ3v) is 3.50. The smallest absolute Gasteiger partial charge is 0.279 e. The van der Waals surface area contributed by atoms with Crippen molar-refractivity contribution >= 4 is 23.4 Å². The molecule has 138 valence electrons. The van der Waals surface area contributed by atoms with E-state index in [2.05, 4.69) is 10.9 Å². The van der Waals surface area contributed by atoms with Crippen molar-refractivity contribution in [2.75, 3.05) is 13.7 Å². The van der Waals surface area contributed by atoms with E-state index in [4.69, 9.17) is 25.8 Å². The van der Waals surface area contributed by atoms with E-state index >= 15 is 0 Å². The van der Waals surface area contributed by atoms with Crippen molar-refractivity contribution in [3.05, 3.63) is 53.6 Å². The van der Waals surface area contributed by atoms with Crippen molar-refractivity contribution in [1.82, 2.24) is 10.9 Å². The average molecular weight is 379 g/mol. The molecule has 2 amide bonds. The van der Waals surface area contributed by atoms with Gasteiger partial charge in [-0.3, -0.25) is 20.4 Å². The van der Waals surface area contributed by atoms with E-state index in [0.29, 0.717) is 22.3 Å². The molecule has 0 saturated heterocycles. The molecule has 0 radical (unpaired) electrons. The number of methoxy groups -OCH3 is 1. The zero-order chi connectivity index (χ0) is 18.9. The summed E-state index contributed by atoms with van der Waals surface area (Å²) in [6, 6.07) is 13.4. The second kappa shape index (κ2) is 9.53. The Morgan fingerprint density at radius 2 is 1.54 bits per heavy atom. The summed E-state index contributed by atoms with van der Waals surface area (Å²) in [5.41, 5.74) is 4.54. The Kier molecular flexibility index (Phi) is 7.11. The monoisotopic (exact) mass is 378 g/mol. The van der Waals surface area contributed by atoms with Gasteiger partial charge >= 0.3 is 0 Å². The van der Waals surface area contributed by atoms with Crippen molar-refractivity contribution < 1.29 is 23.8 Å². The Balaban J connectivity index is 1.72. The topological polar surface area (TPSA) is 85.9 Å². The molecular weight excluding hydrogens is 360 g/mol. The fraction of sp³-hybridized carbons (Fsp3) is 0.222. The molecule has 2 rings (SSSR count). The molecule has 7 nitrogen and oxygen atoms in total. The largest absolute Gasteiger partial charge is 0.497 e. The van der Waals surface area contributed by atoms with Crippen molar-refractivity contribution in [3.63, 3.8) is 0 Å². The highest BCUT2D eigenvalue weighted by molar-refractivity contribution is 6.30. The summed E-state index contributed by atoms with van der Waals surface area (Å²) in [4.78, 5) is 23.7. The molecule has 0 aliphatic carbocycles. The van der Waals surface area contributed by atoms with Gasteiger partial charge in [-0.25, -0.2) is 0 Å². The molecule has 0 spiro atoms. The average Bonchev–Trinajstić information content (AvgIpc) is 2.66. The molecule has 2 N–H and O–H groups in total. The van der Waals surface area contributed by atoms with Gasteiger partial charge in [0.05, 0.1) is 7.11 Å². The fourth-order valence-corrected chi connectivity index (χ4v) is 1.99. The first-order chi connectivity index (χ1) is 12.5. The van der Waals surface area contributed by atoms with Gasteiger partial charge in [-0.2, -0.15) is 0 Å². The summed E-state index contributed by atoms with van der Waals surface area (Å²) >= 11 is 5.76. The summed E-state index contributed by atoms with van der Waals surface area (Å²) in [6.45, 7) is 1.31. The lowest BCUT2D eigenvalue weighted by atomic mass is 10.3. The maximum atomic E-state index is 12.0. The molecule has 2 aromatic carbocycles. The van der Waals surface area contributed by atoms with Gasteiger partial charge in [-0.1, -0.05) is 11.6 Å². The molecule has 26 heavy (non-hydrogen) atoms. The minimum absolute atomic E-state index is 0.254. The molecule has 0 aromatic heterocycles. The molecule has 0 bridgehead atoms. The van der Waals surface area contributed by atoms with E-state index in [1.54, 1.807) is 62.6 Å². The summed E-state index contributed by atoms with van der Waals surface area (Å²) in [6.07, 6.45) is -0.805. The van der Waals surface area contributed by atoms with Crippen LogP contribution in [0.5, 0.6) is 17.2 Å². The fourth-order valence-electron chi connectivity index (χ4n) is 1.86. The molecule has 0 saturated carbocycles. The molecule has 0 fully saturated rings. The number of rotatable bonds is 7. The van der Waals surface area contributed by atoms with Crippen LogP contribution < -0.4 is 25.1 Å². The number of amides is 2. The number of hydrogen-bond acceptors (Lipinski definition) is 5. The number of nitrogens with one attached hydrogen (secondary N) is 2. The van der Waals surface area contributed by atoms with Gasteiger partial charge in [0.25, 0.3) is 11.8 Å². The number of ether oxygens (including phenoxy) is 3. The molecule has 1 unspecified atom stereocenters. The van der Waals surface area contributed by atoms with Crippen molar-refractivity contribution in [1.29, 1.82) is 0 Å². The number of hydrogen-bond donors (Lipinski definition) is 2. The number of hydrazine groups is 1. The van der Waals surface area contributed by atoms with Crippen LogP contribution in [0.25, 0.3) is 0 Å². The van der Waals surface area contributed by atoms with Crippen LogP contribution in [0.2, 0.25) is 5.02 Å². The zero-order valence-corrected chi connectivity index (χ0v) is 15.1. The summed E-state index contributed by atoms with van der Waals surface area (Å²) in [5, 5.41) is 0.569. The van der Waals surface area contributed by atoms with Gasteiger partial charge in [0.2, 0.25) is 0 Å². The van der Waals surface area contributed by atoms with E-state index in [9.17, 15) is 9.59 Å². The lowest BCUT2D eigenvalue weighted by Crippen LogP contribution is -2.48.